The fourth-order valence-electron chi connectivity index (χ4n) is 3.45. The highest BCUT2D eigenvalue weighted by molar-refractivity contribution is 5.91. The van der Waals surface area contributed by atoms with Gasteiger partial charge in [0.25, 0.3) is 0 Å². The zero-order valence-corrected chi connectivity index (χ0v) is 14.5. The molecule has 1 aliphatic heterocycles. The molecule has 1 fully saturated rings. The number of fused-ring (bicyclic) bond motifs is 1. The summed E-state index contributed by atoms with van der Waals surface area (Å²) in [5.41, 5.74) is 2.67. The van der Waals surface area contributed by atoms with E-state index >= 15 is 0 Å². The van der Waals surface area contributed by atoms with E-state index in [1.807, 2.05) is 49.3 Å². The van der Waals surface area contributed by atoms with Gasteiger partial charge < -0.3 is 9.64 Å². The van der Waals surface area contributed by atoms with Gasteiger partial charge in [0.15, 0.2) is 0 Å². The summed E-state index contributed by atoms with van der Waals surface area (Å²) in [6.07, 6.45) is 1.02. The molecule has 1 aromatic heterocycles. The van der Waals surface area contributed by atoms with Gasteiger partial charge in [0.2, 0.25) is 0 Å². The standard InChI is InChI=1S/C20H21N3O2/c1-22(2)19-17-9-8-14(15-10-11-25-13-15)12-18(17)23(20(24)21-19)16-6-4-3-5-7-16/h3-9,12,15H,10-11,13H2,1-2H3. The Morgan fingerprint density at radius 2 is 1.96 bits per heavy atom. The molecule has 0 aliphatic carbocycles. The molecule has 0 radical (unpaired) electrons. The van der Waals surface area contributed by atoms with Gasteiger partial charge in [-0.05, 0) is 36.2 Å². The molecule has 4 rings (SSSR count). The molecule has 2 heterocycles. The average Bonchev–Trinajstić information content (AvgIpc) is 3.16. The normalized spacial score (nSPS) is 17.1. The summed E-state index contributed by atoms with van der Waals surface area (Å²) in [6.45, 7) is 1.54. The van der Waals surface area contributed by atoms with Gasteiger partial charge in [0, 0.05) is 32.0 Å². The van der Waals surface area contributed by atoms with Gasteiger partial charge in [-0.3, -0.25) is 4.57 Å². The number of hydrogen-bond donors (Lipinski definition) is 0. The molecule has 1 aliphatic rings. The summed E-state index contributed by atoms with van der Waals surface area (Å²) in [5, 5.41) is 0.969. The summed E-state index contributed by atoms with van der Waals surface area (Å²) in [5.74, 6) is 1.08. The van der Waals surface area contributed by atoms with E-state index in [-0.39, 0.29) is 5.69 Å². The van der Waals surface area contributed by atoms with E-state index in [0.717, 1.165) is 36.2 Å². The minimum atomic E-state index is -0.262. The molecule has 5 heteroatoms. The zero-order valence-electron chi connectivity index (χ0n) is 14.5. The summed E-state index contributed by atoms with van der Waals surface area (Å²) >= 11 is 0. The number of para-hydroxylation sites is 1. The van der Waals surface area contributed by atoms with Gasteiger partial charge >= 0.3 is 5.69 Å². The molecule has 0 saturated carbocycles. The molecule has 128 valence electrons. The van der Waals surface area contributed by atoms with Crippen LogP contribution in [0.1, 0.15) is 17.9 Å². The largest absolute Gasteiger partial charge is 0.381 e. The van der Waals surface area contributed by atoms with Crippen molar-refractivity contribution in [1.82, 2.24) is 9.55 Å². The Balaban J connectivity index is 2.02. The van der Waals surface area contributed by atoms with E-state index in [1.165, 1.54) is 5.56 Å². The molecular formula is C20H21N3O2. The van der Waals surface area contributed by atoms with Crippen molar-refractivity contribution in [2.24, 2.45) is 0 Å². The number of hydrogen-bond acceptors (Lipinski definition) is 4. The second-order valence-electron chi connectivity index (χ2n) is 6.62. The lowest BCUT2D eigenvalue weighted by Crippen LogP contribution is -2.25. The van der Waals surface area contributed by atoms with Crippen molar-refractivity contribution in [3.8, 4) is 5.69 Å². The number of benzene rings is 2. The molecule has 1 unspecified atom stereocenters. The Kier molecular flexibility index (Phi) is 4.01. The van der Waals surface area contributed by atoms with Crippen molar-refractivity contribution in [3.05, 3.63) is 64.6 Å². The summed E-state index contributed by atoms with van der Waals surface area (Å²) in [6, 6.07) is 16.0. The second-order valence-corrected chi connectivity index (χ2v) is 6.62. The van der Waals surface area contributed by atoms with E-state index < -0.39 is 0 Å². The lowest BCUT2D eigenvalue weighted by atomic mass is 9.97. The highest BCUT2D eigenvalue weighted by Gasteiger charge is 2.20. The van der Waals surface area contributed by atoms with Crippen LogP contribution in [0.5, 0.6) is 0 Å². The molecule has 2 aromatic carbocycles. The monoisotopic (exact) mass is 335 g/mol. The van der Waals surface area contributed by atoms with Crippen LogP contribution in [-0.2, 0) is 4.74 Å². The van der Waals surface area contributed by atoms with Crippen LogP contribution >= 0.6 is 0 Å². The topological polar surface area (TPSA) is 47.4 Å². The van der Waals surface area contributed by atoms with Crippen LogP contribution < -0.4 is 10.6 Å². The Morgan fingerprint density at radius 1 is 1.16 bits per heavy atom. The molecule has 1 saturated heterocycles. The van der Waals surface area contributed by atoms with Crippen molar-refractivity contribution in [2.75, 3.05) is 32.2 Å². The molecule has 0 N–H and O–H groups in total. The van der Waals surface area contributed by atoms with Crippen LogP contribution in [0.15, 0.2) is 53.3 Å². The molecule has 5 nitrogen and oxygen atoms in total. The lowest BCUT2D eigenvalue weighted by molar-refractivity contribution is 0.194. The van der Waals surface area contributed by atoms with Crippen molar-refractivity contribution in [3.63, 3.8) is 0 Å². The van der Waals surface area contributed by atoms with E-state index in [1.54, 1.807) is 4.57 Å². The Labute approximate surface area is 146 Å². The van der Waals surface area contributed by atoms with Crippen molar-refractivity contribution in [2.45, 2.75) is 12.3 Å². The van der Waals surface area contributed by atoms with Crippen molar-refractivity contribution in [1.29, 1.82) is 0 Å². The van der Waals surface area contributed by atoms with Crippen LogP contribution in [0.25, 0.3) is 16.6 Å². The number of rotatable bonds is 3. The third-order valence-electron chi connectivity index (χ3n) is 4.74. The van der Waals surface area contributed by atoms with Gasteiger partial charge in [0.05, 0.1) is 17.8 Å². The highest BCUT2D eigenvalue weighted by Crippen LogP contribution is 2.30. The molecule has 25 heavy (non-hydrogen) atoms. The first-order valence-electron chi connectivity index (χ1n) is 8.52. The summed E-state index contributed by atoms with van der Waals surface area (Å²) in [4.78, 5) is 19.0. The molecule has 0 spiro atoms. The summed E-state index contributed by atoms with van der Waals surface area (Å²) in [7, 11) is 3.82. The predicted molar refractivity (Wildman–Crippen MR) is 99.8 cm³/mol. The minimum absolute atomic E-state index is 0.262. The molecule has 0 amide bonds. The first-order chi connectivity index (χ1) is 12.1. The Bertz CT molecular complexity index is 958. The van der Waals surface area contributed by atoms with Gasteiger partial charge in [0.1, 0.15) is 5.82 Å². The number of nitrogens with zero attached hydrogens (tertiary/aromatic N) is 3. The Hall–Kier alpha value is -2.66. The fraction of sp³-hybridized carbons (Fsp3) is 0.300. The molecule has 0 bridgehead atoms. The van der Waals surface area contributed by atoms with Gasteiger partial charge in [-0.2, -0.15) is 4.98 Å². The van der Waals surface area contributed by atoms with Gasteiger partial charge in [-0.1, -0.05) is 24.3 Å². The predicted octanol–water partition coefficient (Wildman–Crippen LogP) is 2.96. The number of anilines is 1. The quantitative estimate of drug-likeness (QED) is 0.738. The summed E-state index contributed by atoms with van der Waals surface area (Å²) < 4.78 is 7.23. The van der Waals surface area contributed by atoms with Crippen molar-refractivity contribution >= 4 is 16.7 Å². The van der Waals surface area contributed by atoms with E-state index in [9.17, 15) is 4.79 Å². The van der Waals surface area contributed by atoms with Gasteiger partial charge in [-0.25, -0.2) is 4.79 Å². The highest BCUT2D eigenvalue weighted by atomic mass is 16.5. The SMILES string of the molecule is CN(C)c1nc(=O)n(-c2ccccc2)c2cc(C3CCOC3)ccc12. The number of ether oxygens (including phenoxy) is 1. The average molecular weight is 335 g/mol. The van der Waals surface area contributed by atoms with E-state index in [0.29, 0.717) is 11.7 Å². The first kappa shape index (κ1) is 15.8. The number of aromatic nitrogens is 2. The fourth-order valence-corrected chi connectivity index (χ4v) is 3.45. The van der Waals surface area contributed by atoms with Crippen LogP contribution in [0.2, 0.25) is 0 Å². The van der Waals surface area contributed by atoms with Crippen molar-refractivity contribution < 1.29 is 4.74 Å². The maximum absolute atomic E-state index is 12.8. The third kappa shape index (κ3) is 2.81. The third-order valence-corrected chi connectivity index (χ3v) is 4.74. The maximum atomic E-state index is 12.8. The molecule has 3 aromatic rings. The van der Waals surface area contributed by atoms with Crippen LogP contribution in [0, 0.1) is 0 Å². The van der Waals surface area contributed by atoms with Crippen LogP contribution in [0.3, 0.4) is 0 Å². The van der Waals surface area contributed by atoms with Crippen LogP contribution in [-0.4, -0.2) is 36.9 Å². The van der Waals surface area contributed by atoms with Gasteiger partial charge in [-0.15, -0.1) is 0 Å². The van der Waals surface area contributed by atoms with E-state index in [2.05, 4.69) is 23.2 Å². The lowest BCUT2D eigenvalue weighted by Gasteiger charge is -2.19. The smallest absolute Gasteiger partial charge is 0.354 e. The Morgan fingerprint density at radius 3 is 2.64 bits per heavy atom. The first-order valence-corrected chi connectivity index (χ1v) is 8.52. The second kappa shape index (κ2) is 6.33. The maximum Gasteiger partial charge on any atom is 0.354 e. The molecular weight excluding hydrogens is 314 g/mol. The minimum Gasteiger partial charge on any atom is -0.381 e. The van der Waals surface area contributed by atoms with Crippen LogP contribution in [0.4, 0.5) is 5.82 Å². The zero-order chi connectivity index (χ0) is 17.4. The molecule has 1 atom stereocenters. The van der Waals surface area contributed by atoms with E-state index in [4.69, 9.17) is 4.74 Å².